The average molecular weight is 426 g/mol. The Morgan fingerprint density at radius 3 is 2.46 bits per heavy atom. The summed E-state index contributed by atoms with van der Waals surface area (Å²) in [6.45, 7) is 3.94. The lowest BCUT2D eigenvalue weighted by molar-refractivity contribution is -0.251. The SMILES string of the molecule is CCCCO[C@@H]1C[C@H](OCc2ccccc2)[C@@H](OS(=O)(=O)C(F)(F)F)[C@H](C)O1. The molecule has 1 fully saturated rings. The molecule has 0 N–H and O–H groups in total. The summed E-state index contributed by atoms with van der Waals surface area (Å²) in [5, 5.41) is 0. The molecule has 1 aromatic carbocycles. The van der Waals surface area contributed by atoms with Crippen molar-refractivity contribution in [3.8, 4) is 0 Å². The average Bonchev–Trinajstić information content (AvgIpc) is 2.62. The normalized spacial score (nSPS) is 26.3. The molecule has 28 heavy (non-hydrogen) atoms. The molecule has 0 unspecified atom stereocenters. The fourth-order valence-electron chi connectivity index (χ4n) is 2.75. The van der Waals surface area contributed by atoms with Crippen LogP contribution in [0.1, 0.15) is 38.7 Å². The Kier molecular flexibility index (Phi) is 8.26. The highest BCUT2D eigenvalue weighted by molar-refractivity contribution is 7.87. The van der Waals surface area contributed by atoms with Crippen molar-refractivity contribution in [1.82, 2.24) is 0 Å². The maximum Gasteiger partial charge on any atom is 0.523 e. The Morgan fingerprint density at radius 2 is 1.86 bits per heavy atom. The van der Waals surface area contributed by atoms with Gasteiger partial charge in [-0.3, -0.25) is 4.18 Å². The largest absolute Gasteiger partial charge is 0.523 e. The van der Waals surface area contributed by atoms with Gasteiger partial charge in [0.1, 0.15) is 6.10 Å². The third kappa shape index (κ3) is 6.41. The van der Waals surface area contributed by atoms with Gasteiger partial charge in [-0.15, -0.1) is 0 Å². The van der Waals surface area contributed by atoms with Gasteiger partial charge in [0.05, 0.1) is 18.8 Å². The lowest BCUT2D eigenvalue weighted by Crippen LogP contribution is -2.52. The molecular formula is C18H25F3O6S. The maximum atomic E-state index is 12.8. The molecule has 1 aromatic rings. The Balaban J connectivity index is 2.12. The number of benzene rings is 1. The minimum Gasteiger partial charge on any atom is -0.370 e. The van der Waals surface area contributed by atoms with Crippen LogP contribution < -0.4 is 0 Å². The van der Waals surface area contributed by atoms with Crippen molar-refractivity contribution in [2.45, 2.75) is 69.8 Å². The van der Waals surface area contributed by atoms with Gasteiger partial charge in [-0.2, -0.15) is 21.6 Å². The molecule has 1 heterocycles. The summed E-state index contributed by atoms with van der Waals surface area (Å²) in [6.07, 6.45) is -2.32. The summed E-state index contributed by atoms with van der Waals surface area (Å²) in [4.78, 5) is 0. The number of hydrogen-bond acceptors (Lipinski definition) is 6. The Labute approximate surface area is 163 Å². The van der Waals surface area contributed by atoms with Gasteiger partial charge in [0, 0.05) is 13.0 Å². The highest BCUT2D eigenvalue weighted by Crippen LogP contribution is 2.32. The molecule has 1 aliphatic rings. The number of hydrogen-bond donors (Lipinski definition) is 0. The van der Waals surface area contributed by atoms with E-state index in [9.17, 15) is 21.6 Å². The minimum atomic E-state index is -5.79. The Hall–Kier alpha value is -1.20. The first kappa shape index (κ1) is 23.1. The molecule has 4 atom stereocenters. The van der Waals surface area contributed by atoms with E-state index in [4.69, 9.17) is 14.2 Å². The van der Waals surface area contributed by atoms with E-state index >= 15 is 0 Å². The second-order valence-electron chi connectivity index (χ2n) is 6.53. The zero-order valence-corrected chi connectivity index (χ0v) is 16.5. The van der Waals surface area contributed by atoms with Gasteiger partial charge >= 0.3 is 15.6 Å². The van der Waals surface area contributed by atoms with Gasteiger partial charge in [-0.1, -0.05) is 43.7 Å². The zero-order valence-electron chi connectivity index (χ0n) is 15.7. The van der Waals surface area contributed by atoms with Gasteiger partial charge in [0.2, 0.25) is 0 Å². The second-order valence-corrected chi connectivity index (χ2v) is 8.09. The van der Waals surface area contributed by atoms with E-state index < -0.39 is 40.2 Å². The summed E-state index contributed by atoms with van der Waals surface area (Å²) in [5.74, 6) is 0. The van der Waals surface area contributed by atoms with Gasteiger partial charge in [0.15, 0.2) is 6.29 Å². The highest BCUT2D eigenvalue weighted by atomic mass is 32.2. The van der Waals surface area contributed by atoms with E-state index in [1.54, 1.807) is 24.3 Å². The third-order valence-electron chi connectivity index (χ3n) is 4.25. The number of ether oxygens (including phenoxy) is 3. The summed E-state index contributed by atoms with van der Waals surface area (Å²) in [5.41, 5.74) is -4.73. The van der Waals surface area contributed by atoms with Crippen LogP contribution in [0.25, 0.3) is 0 Å². The molecule has 6 nitrogen and oxygen atoms in total. The lowest BCUT2D eigenvalue weighted by atomic mass is 10.0. The van der Waals surface area contributed by atoms with Crippen molar-refractivity contribution in [3.63, 3.8) is 0 Å². The van der Waals surface area contributed by atoms with E-state index in [0.717, 1.165) is 18.4 Å². The molecule has 1 saturated heterocycles. The monoisotopic (exact) mass is 426 g/mol. The number of halogens is 3. The van der Waals surface area contributed by atoms with Crippen LogP contribution in [0.3, 0.4) is 0 Å². The predicted octanol–water partition coefficient (Wildman–Crippen LogP) is 3.76. The molecule has 0 aromatic heterocycles. The molecule has 0 radical (unpaired) electrons. The van der Waals surface area contributed by atoms with Crippen molar-refractivity contribution in [3.05, 3.63) is 35.9 Å². The van der Waals surface area contributed by atoms with Gasteiger partial charge in [-0.05, 0) is 18.9 Å². The molecule has 10 heteroatoms. The van der Waals surface area contributed by atoms with E-state index in [-0.39, 0.29) is 13.0 Å². The first-order chi connectivity index (χ1) is 13.1. The number of unbranched alkanes of at least 4 members (excludes halogenated alkanes) is 1. The quantitative estimate of drug-likeness (QED) is 0.340. The van der Waals surface area contributed by atoms with Crippen LogP contribution in [0.5, 0.6) is 0 Å². The summed E-state index contributed by atoms with van der Waals surface area (Å²) in [6, 6.07) is 8.99. The van der Waals surface area contributed by atoms with Gasteiger partial charge in [0.25, 0.3) is 0 Å². The lowest BCUT2D eigenvalue weighted by Gasteiger charge is -2.39. The van der Waals surface area contributed by atoms with Crippen molar-refractivity contribution >= 4 is 10.1 Å². The van der Waals surface area contributed by atoms with Crippen LogP contribution in [-0.2, 0) is 35.1 Å². The standard InChI is InChI=1S/C18H25F3O6S/c1-3-4-10-24-16-11-15(25-12-14-8-6-5-7-9-14)17(13(2)26-16)27-28(22,23)18(19,20)21/h5-9,13,15-17H,3-4,10-12H2,1-2H3/t13-,15-,16-,17-/m0/s1. The summed E-state index contributed by atoms with van der Waals surface area (Å²) >= 11 is 0. The van der Waals surface area contributed by atoms with E-state index in [1.807, 2.05) is 13.0 Å². The first-order valence-electron chi connectivity index (χ1n) is 9.06. The highest BCUT2D eigenvalue weighted by Gasteiger charge is 2.52. The molecule has 0 aliphatic carbocycles. The van der Waals surface area contributed by atoms with Crippen LogP contribution >= 0.6 is 0 Å². The summed E-state index contributed by atoms with van der Waals surface area (Å²) < 4.78 is 82.6. The minimum absolute atomic E-state index is 0.0545. The topological polar surface area (TPSA) is 71.1 Å². The Bertz CT molecular complexity index is 695. The van der Waals surface area contributed by atoms with Gasteiger partial charge in [-0.25, -0.2) is 0 Å². The van der Waals surface area contributed by atoms with Crippen molar-refractivity contribution in [2.24, 2.45) is 0 Å². The molecule has 160 valence electrons. The molecule has 0 bridgehead atoms. The van der Waals surface area contributed by atoms with E-state index in [1.165, 1.54) is 6.92 Å². The molecule has 0 saturated carbocycles. The fraction of sp³-hybridized carbons (Fsp3) is 0.667. The van der Waals surface area contributed by atoms with Gasteiger partial charge < -0.3 is 14.2 Å². The van der Waals surface area contributed by atoms with Crippen LogP contribution in [-0.4, -0.2) is 45.1 Å². The molecular weight excluding hydrogens is 401 g/mol. The molecule has 2 rings (SSSR count). The first-order valence-corrected chi connectivity index (χ1v) is 10.5. The molecule has 0 amide bonds. The Morgan fingerprint density at radius 1 is 1.18 bits per heavy atom. The zero-order chi connectivity index (χ0) is 20.8. The van der Waals surface area contributed by atoms with Crippen molar-refractivity contribution in [1.29, 1.82) is 0 Å². The second kappa shape index (κ2) is 10.0. The number of rotatable bonds is 9. The predicted molar refractivity (Wildman–Crippen MR) is 94.7 cm³/mol. The molecule has 1 aliphatic heterocycles. The smallest absolute Gasteiger partial charge is 0.370 e. The van der Waals surface area contributed by atoms with E-state index in [0.29, 0.717) is 6.61 Å². The third-order valence-corrected chi connectivity index (χ3v) is 5.29. The fourth-order valence-corrected chi connectivity index (χ4v) is 3.43. The molecule has 0 spiro atoms. The number of alkyl halides is 3. The van der Waals surface area contributed by atoms with Crippen LogP contribution in [0.2, 0.25) is 0 Å². The van der Waals surface area contributed by atoms with Crippen molar-refractivity contribution < 1.29 is 40.0 Å². The maximum absolute atomic E-state index is 12.8. The van der Waals surface area contributed by atoms with Crippen LogP contribution in [0.15, 0.2) is 30.3 Å². The van der Waals surface area contributed by atoms with E-state index in [2.05, 4.69) is 4.18 Å². The van der Waals surface area contributed by atoms with Crippen molar-refractivity contribution in [2.75, 3.05) is 6.61 Å². The van der Waals surface area contributed by atoms with Crippen LogP contribution in [0.4, 0.5) is 13.2 Å². The summed E-state index contributed by atoms with van der Waals surface area (Å²) in [7, 11) is -5.79. The van der Waals surface area contributed by atoms with Crippen LogP contribution in [0, 0.1) is 0 Å².